The zero-order chi connectivity index (χ0) is 9.97. The highest BCUT2D eigenvalue weighted by molar-refractivity contribution is 6.17. The maximum absolute atomic E-state index is 5.78. The molecule has 0 heterocycles. The number of benzene rings is 2. The van der Waals surface area contributed by atoms with E-state index in [1.807, 2.05) is 12.1 Å². The van der Waals surface area contributed by atoms with E-state index >= 15 is 0 Å². The average molecular weight is 203 g/mol. The van der Waals surface area contributed by atoms with E-state index in [4.69, 9.17) is 11.6 Å². The monoisotopic (exact) mass is 202 g/mol. The van der Waals surface area contributed by atoms with Crippen molar-refractivity contribution in [3.05, 3.63) is 54.1 Å². The third kappa shape index (κ3) is 1.53. The average Bonchev–Trinajstić information content (AvgIpc) is 2.27. The molecule has 0 bridgehead atoms. The molecule has 2 aromatic rings. The normalized spacial score (nSPS) is 10.4. The van der Waals surface area contributed by atoms with Crippen LogP contribution in [-0.2, 0) is 5.88 Å². The molecule has 0 saturated carbocycles. The Hall–Kier alpha value is -1.27. The molecule has 0 spiro atoms. The van der Waals surface area contributed by atoms with Crippen molar-refractivity contribution in [2.24, 2.45) is 0 Å². The molecular formula is C13H11Cl. The summed E-state index contributed by atoms with van der Waals surface area (Å²) in [6.45, 7) is 3.80. The van der Waals surface area contributed by atoms with Gasteiger partial charge in [0.15, 0.2) is 0 Å². The summed E-state index contributed by atoms with van der Waals surface area (Å²) in [5.74, 6) is 0.564. The van der Waals surface area contributed by atoms with Crippen LogP contribution < -0.4 is 0 Å². The predicted molar refractivity (Wildman–Crippen MR) is 63.6 cm³/mol. The Morgan fingerprint density at radius 1 is 1.21 bits per heavy atom. The molecule has 0 aromatic heterocycles. The zero-order valence-corrected chi connectivity index (χ0v) is 8.59. The highest BCUT2D eigenvalue weighted by Gasteiger charge is 1.98. The second-order valence-electron chi connectivity index (χ2n) is 3.24. The van der Waals surface area contributed by atoms with Gasteiger partial charge in [0.2, 0.25) is 0 Å². The van der Waals surface area contributed by atoms with E-state index in [0.717, 1.165) is 5.56 Å². The maximum atomic E-state index is 5.78. The topological polar surface area (TPSA) is 0 Å². The fraction of sp³-hybridized carbons (Fsp3) is 0.0769. The minimum atomic E-state index is 0.564. The molecule has 0 amide bonds. The molecule has 70 valence electrons. The molecule has 0 unspecified atom stereocenters. The van der Waals surface area contributed by atoms with Crippen molar-refractivity contribution in [2.45, 2.75) is 5.88 Å². The first-order valence-electron chi connectivity index (χ1n) is 4.55. The summed E-state index contributed by atoms with van der Waals surface area (Å²) in [5, 5.41) is 2.46. The van der Waals surface area contributed by atoms with Crippen molar-refractivity contribution in [3.8, 4) is 0 Å². The highest BCUT2D eigenvalue weighted by atomic mass is 35.5. The Balaban J connectivity index is 2.73. The number of rotatable bonds is 2. The first kappa shape index (κ1) is 9.29. The molecule has 0 nitrogen and oxygen atoms in total. The molecule has 0 aliphatic rings. The van der Waals surface area contributed by atoms with Gasteiger partial charge in [0.05, 0.1) is 0 Å². The van der Waals surface area contributed by atoms with Gasteiger partial charge in [-0.1, -0.05) is 43.0 Å². The van der Waals surface area contributed by atoms with Crippen molar-refractivity contribution in [1.29, 1.82) is 0 Å². The third-order valence-electron chi connectivity index (χ3n) is 2.35. The maximum Gasteiger partial charge on any atom is 0.0474 e. The molecule has 2 rings (SSSR count). The molecule has 14 heavy (non-hydrogen) atoms. The van der Waals surface area contributed by atoms with Crippen LogP contribution in [0.2, 0.25) is 0 Å². The summed E-state index contributed by atoms with van der Waals surface area (Å²) in [6.07, 6.45) is 1.88. The van der Waals surface area contributed by atoms with Gasteiger partial charge in [0, 0.05) is 5.88 Å². The van der Waals surface area contributed by atoms with E-state index in [1.165, 1.54) is 16.3 Å². The standard InChI is InChI=1S/C13H11Cl/c1-2-11-4-3-5-12-8-10(9-14)6-7-13(11)12/h2-8H,1,9H2. The summed E-state index contributed by atoms with van der Waals surface area (Å²) in [4.78, 5) is 0. The van der Waals surface area contributed by atoms with Crippen LogP contribution in [-0.4, -0.2) is 0 Å². The van der Waals surface area contributed by atoms with Crippen molar-refractivity contribution in [1.82, 2.24) is 0 Å². The van der Waals surface area contributed by atoms with Gasteiger partial charge in [-0.25, -0.2) is 0 Å². The number of halogens is 1. The first-order chi connectivity index (χ1) is 6.85. The summed E-state index contributed by atoms with van der Waals surface area (Å²) >= 11 is 5.78. The molecule has 0 aliphatic carbocycles. The lowest BCUT2D eigenvalue weighted by Crippen LogP contribution is -1.81. The Kier molecular flexibility index (Phi) is 2.55. The number of alkyl halides is 1. The number of hydrogen-bond acceptors (Lipinski definition) is 0. The van der Waals surface area contributed by atoms with E-state index in [1.54, 1.807) is 0 Å². The zero-order valence-electron chi connectivity index (χ0n) is 7.83. The van der Waals surface area contributed by atoms with Gasteiger partial charge in [-0.2, -0.15) is 0 Å². The van der Waals surface area contributed by atoms with Crippen molar-refractivity contribution in [2.75, 3.05) is 0 Å². The van der Waals surface area contributed by atoms with Crippen molar-refractivity contribution >= 4 is 28.4 Å². The minimum Gasteiger partial charge on any atom is -0.122 e. The van der Waals surface area contributed by atoms with Crippen LogP contribution in [0.25, 0.3) is 16.8 Å². The SMILES string of the molecule is C=Cc1cccc2cc(CCl)ccc12. The van der Waals surface area contributed by atoms with Crippen LogP contribution in [0.1, 0.15) is 11.1 Å². The lowest BCUT2D eigenvalue weighted by Gasteiger charge is -2.03. The van der Waals surface area contributed by atoms with E-state index in [-0.39, 0.29) is 0 Å². The van der Waals surface area contributed by atoms with Gasteiger partial charge < -0.3 is 0 Å². The Bertz CT molecular complexity index is 472. The summed E-state index contributed by atoms with van der Waals surface area (Å²) < 4.78 is 0. The van der Waals surface area contributed by atoms with Gasteiger partial charge in [0.1, 0.15) is 0 Å². The predicted octanol–water partition coefficient (Wildman–Crippen LogP) is 4.22. The third-order valence-corrected chi connectivity index (χ3v) is 2.66. The van der Waals surface area contributed by atoms with E-state index < -0.39 is 0 Å². The lowest BCUT2D eigenvalue weighted by atomic mass is 10.0. The lowest BCUT2D eigenvalue weighted by molar-refractivity contribution is 1.43. The molecule has 0 fully saturated rings. The van der Waals surface area contributed by atoms with Gasteiger partial charge in [0.25, 0.3) is 0 Å². The quantitative estimate of drug-likeness (QED) is 0.640. The molecule has 0 aliphatic heterocycles. The van der Waals surface area contributed by atoms with Crippen LogP contribution in [0.4, 0.5) is 0 Å². The smallest absolute Gasteiger partial charge is 0.0474 e. The number of hydrogen-bond donors (Lipinski definition) is 0. The second-order valence-corrected chi connectivity index (χ2v) is 3.51. The van der Waals surface area contributed by atoms with Gasteiger partial charge >= 0.3 is 0 Å². The summed E-state index contributed by atoms with van der Waals surface area (Å²) in [5.41, 5.74) is 2.32. The molecule has 0 saturated heterocycles. The largest absolute Gasteiger partial charge is 0.122 e. The minimum absolute atomic E-state index is 0.564. The van der Waals surface area contributed by atoms with Gasteiger partial charge in [-0.05, 0) is 28.0 Å². The van der Waals surface area contributed by atoms with Crippen LogP contribution in [0, 0.1) is 0 Å². The molecule has 0 radical (unpaired) electrons. The Labute approximate surface area is 88.8 Å². The second kappa shape index (κ2) is 3.85. The molecule has 0 N–H and O–H groups in total. The van der Waals surface area contributed by atoms with Crippen LogP contribution in [0.15, 0.2) is 43.0 Å². The van der Waals surface area contributed by atoms with Gasteiger partial charge in [-0.15, -0.1) is 11.6 Å². The van der Waals surface area contributed by atoms with Crippen molar-refractivity contribution < 1.29 is 0 Å². The van der Waals surface area contributed by atoms with Crippen LogP contribution in [0.5, 0.6) is 0 Å². The summed E-state index contributed by atoms with van der Waals surface area (Å²) in [7, 11) is 0. The van der Waals surface area contributed by atoms with Gasteiger partial charge in [-0.3, -0.25) is 0 Å². The fourth-order valence-corrected chi connectivity index (χ4v) is 1.79. The first-order valence-corrected chi connectivity index (χ1v) is 5.08. The van der Waals surface area contributed by atoms with E-state index in [0.29, 0.717) is 5.88 Å². The number of fused-ring (bicyclic) bond motifs is 1. The fourth-order valence-electron chi connectivity index (χ4n) is 1.62. The molecular weight excluding hydrogens is 192 g/mol. The van der Waals surface area contributed by atoms with Crippen molar-refractivity contribution in [3.63, 3.8) is 0 Å². The van der Waals surface area contributed by atoms with E-state index in [9.17, 15) is 0 Å². The van der Waals surface area contributed by atoms with Crippen LogP contribution in [0.3, 0.4) is 0 Å². The Morgan fingerprint density at radius 3 is 2.79 bits per heavy atom. The highest BCUT2D eigenvalue weighted by Crippen LogP contribution is 2.21. The molecule has 1 heteroatoms. The summed E-state index contributed by atoms with van der Waals surface area (Å²) in [6, 6.07) is 12.5. The Morgan fingerprint density at radius 2 is 2.07 bits per heavy atom. The van der Waals surface area contributed by atoms with Crippen LogP contribution >= 0.6 is 11.6 Å². The van der Waals surface area contributed by atoms with E-state index in [2.05, 4.69) is 36.9 Å². The molecule has 2 aromatic carbocycles. The molecule has 0 atom stereocenters.